The zero-order valence-corrected chi connectivity index (χ0v) is 15.9. The summed E-state index contributed by atoms with van der Waals surface area (Å²) in [7, 11) is 3.36. The Morgan fingerprint density at radius 2 is 1.00 bits per heavy atom. The van der Waals surface area contributed by atoms with Crippen molar-refractivity contribution in [3.05, 3.63) is 96.1 Å². The second-order valence-electron chi connectivity index (χ2n) is 6.48. The van der Waals surface area contributed by atoms with Gasteiger partial charge >= 0.3 is 0 Å². The molecule has 0 bridgehead atoms. The van der Waals surface area contributed by atoms with Crippen molar-refractivity contribution in [3.63, 3.8) is 0 Å². The Balaban J connectivity index is 1.54. The third-order valence-corrected chi connectivity index (χ3v) is 4.71. The van der Waals surface area contributed by atoms with Gasteiger partial charge in [-0.25, -0.2) is 0 Å². The van der Waals surface area contributed by atoms with Crippen LogP contribution in [0.3, 0.4) is 0 Å². The van der Waals surface area contributed by atoms with Gasteiger partial charge in [-0.2, -0.15) is 0 Å². The summed E-state index contributed by atoms with van der Waals surface area (Å²) in [5, 5.41) is 2.30. The molecule has 0 aliphatic carbocycles. The van der Waals surface area contributed by atoms with Crippen molar-refractivity contribution in [1.82, 2.24) is 0 Å². The molecule has 0 atom stereocenters. The topological polar surface area (TPSA) is 18.5 Å². The Hall–Kier alpha value is -3.70. The zero-order chi connectivity index (χ0) is 19.3. The molecule has 0 fully saturated rings. The molecule has 0 aliphatic rings. The summed E-state index contributed by atoms with van der Waals surface area (Å²) < 4.78 is 10.5. The van der Waals surface area contributed by atoms with Crippen molar-refractivity contribution in [2.45, 2.75) is 0 Å². The second-order valence-corrected chi connectivity index (χ2v) is 6.48. The van der Waals surface area contributed by atoms with Gasteiger partial charge in [-0.15, -0.1) is 0 Å². The molecular formula is C26H20O2. The first kappa shape index (κ1) is 17.7. The summed E-state index contributed by atoms with van der Waals surface area (Å²) in [6, 6.07) is 28.6. The third kappa shape index (κ3) is 3.84. The molecule has 0 aliphatic heterocycles. The lowest BCUT2D eigenvalue weighted by molar-refractivity contribution is 0.415. The Kier molecular flexibility index (Phi) is 4.99. The van der Waals surface area contributed by atoms with Crippen LogP contribution in [-0.4, -0.2) is 14.2 Å². The molecule has 0 aromatic heterocycles. The highest BCUT2D eigenvalue weighted by molar-refractivity contribution is 5.85. The Bertz CT molecular complexity index is 1160. The van der Waals surface area contributed by atoms with E-state index in [2.05, 4.69) is 66.4 Å². The summed E-state index contributed by atoms with van der Waals surface area (Å²) in [6.07, 6.45) is 0. The van der Waals surface area contributed by atoms with Gasteiger partial charge in [0.1, 0.15) is 11.5 Å². The van der Waals surface area contributed by atoms with Crippen LogP contribution in [0.15, 0.2) is 84.9 Å². The lowest BCUT2D eigenvalue weighted by Gasteiger charge is -2.04. The van der Waals surface area contributed by atoms with Crippen LogP contribution in [0.1, 0.15) is 11.1 Å². The maximum Gasteiger partial charge on any atom is 0.119 e. The highest BCUT2D eigenvalue weighted by Crippen LogP contribution is 2.23. The van der Waals surface area contributed by atoms with Gasteiger partial charge in [0.25, 0.3) is 0 Å². The van der Waals surface area contributed by atoms with Crippen LogP contribution in [-0.2, 0) is 0 Å². The number of fused-ring (bicyclic) bond motifs is 1. The van der Waals surface area contributed by atoms with E-state index in [9.17, 15) is 0 Å². The fourth-order valence-electron chi connectivity index (χ4n) is 3.10. The van der Waals surface area contributed by atoms with E-state index < -0.39 is 0 Å². The van der Waals surface area contributed by atoms with Crippen LogP contribution in [0.25, 0.3) is 21.9 Å². The van der Waals surface area contributed by atoms with Crippen molar-refractivity contribution in [2.75, 3.05) is 14.2 Å². The van der Waals surface area contributed by atoms with Gasteiger partial charge in [0, 0.05) is 11.1 Å². The van der Waals surface area contributed by atoms with Gasteiger partial charge in [0.05, 0.1) is 14.2 Å². The van der Waals surface area contributed by atoms with Crippen LogP contribution in [0, 0.1) is 11.8 Å². The SMILES string of the molecule is COc1ccc(-c2ccc(C#Cc3ccc4cc(OC)ccc4c3)cc2)cc1. The Labute approximate surface area is 165 Å². The molecule has 28 heavy (non-hydrogen) atoms. The monoisotopic (exact) mass is 364 g/mol. The number of ether oxygens (including phenoxy) is 2. The molecule has 4 rings (SSSR count). The van der Waals surface area contributed by atoms with Crippen LogP contribution in [0.2, 0.25) is 0 Å². The van der Waals surface area contributed by atoms with E-state index in [1.165, 1.54) is 0 Å². The van der Waals surface area contributed by atoms with E-state index in [1.54, 1.807) is 14.2 Å². The van der Waals surface area contributed by atoms with Gasteiger partial charge < -0.3 is 9.47 Å². The molecule has 0 unspecified atom stereocenters. The maximum atomic E-state index is 5.28. The molecule has 0 saturated carbocycles. The summed E-state index contributed by atoms with van der Waals surface area (Å²) >= 11 is 0. The number of methoxy groups -OCH3 is 2. The van der Waals surface area contributed by atoms with Gasteiger partial charge in [0.2, 0.25) is 0 Å². The molecule has 0 spiro atoms. The minimum absolute atomic E-state index is 0.861. The minimum atomic E-state index is 0.861. The van der Waals surface area contributed by atoms with Gasteiger partial charge in [-0.05, 0) is 70.4 Å². The standard InChI is InChI=1S/C26H20O2/c1-27-25-14-11-22(12-15-25)21-8-5-19(6-9-21)3-4-20-7-10-24-18-26(28-2)16-13-23(24)17-20/h5-18H,1-2H3. The largest absolute Gasteiger partial charge is 0.497 e. The first-order valence-electron chi connectivity index (χ1n) is 9.09. The fourth-order valence-corrected chi connectivity index (χ4v) is 3.10. The lowest BCUT2D eigenvalue weighted by Crippen LogP contribution is -1.84. The molecule has 136 valence electrons. The number of hydrogen-bond acceptors (Lipinski definition) is 2. The van der Waals surface area contributed by atoms with Crippen LogP contribution in [0.5, 0.6) is 11.5 Å². The number of benzene rings is 4. The number of hydrogen-bond donors (Lipinski definition) is 0. The van der Waals surface area contributed by atoms with Gasteiger partial charge in [-0.3, -0.25) is 0 Å². The average Bonchev–Trinajstić information content (AvgIpc) is 2.77. The van der Waals surface area contributed by atoms with Crippen LogP contribution >= 0.6 is 0 Å². The van der Waals surface area contributed by atoms with Crippen molar-refractivity contribution < 1.29 is 9.47 Å². The predicted octanol–water partition coefficient (Wildman–Crippen LogP) is 5.92. The molecule has 0 amide bonds. The Morgan fingerprint density at radius 1 is 0.500 bits per heavy atom. The summed E-state index contributed by atoms with van der Waals surface area (Å²) in [5.41, 5.74) is 4.31. The smallest absolute Gasteiger partial charge is 0.119 e. The molecule has 0 heterocycles. The van der Waals surface area contributed by atoms with E-state index >= 15 is 0 Å². The molecule has 2 nitrogen and oxygen atoms in total. The van der Waals surface area contributed by atoms with Gasteiger partial charge in [-0.1, -0.05) is 48.2 Å². The number of rotatable bonds is 3. The van der Waals surface area contributed by atoms with E-state index in [1.807, 2.05) is 30.3 Å². The van der Waals surface area contributed by atoms with Crippen molar-refractivity contribution in [2.24, 2.45) is 0 Å². The zero-order valence-electron chi connectivity index (χ0n) is 15.9. The third-order valence-electron chi connectivity index (χ3n) is 4.71. The van der Waals surface area contributed by atoms with Crippen molar-refractivity contribution >= 4 is 10.8 Å². The van der Waals surface area contributed by atoms with E-state index in [0.29, 0.717) is 0 Å². The van der Waals surface area contributed by atoms with Crippen molar-refractivity contribution in [3.8, 4) is 34.5 Å². The molecule has 4 aromatic carbocycles. The molecule has 0 radical (unpaired) electrons. The highest BCUT2D eigenvalue weighted by Gasteiger charge is 1.99. The molecule has 4 aromatic rings. The predicted molar refractivity (Wildman–Crippen MR) is 115 cm³/mol. The maximum absolute atomic E-state index is 5.28. The van der Waals surface area contributed by atoms with E-state index in [4.69, 9.17) is 9.47 Å². The second kappa shape index (κ2) is 7.90. The van der Waals surface area contributed by atoms with E-state index in [-0.39, 0.29) is 0 Å². The Morgan fingerprint density at radius 3 is 1.68 bits per heavy atom. The first-order chi connectivity index (χ1) is 13.7. The normalized spacial score (nSPS) is 10.2. The molecular weight excluding hydrogens is 344 g/mol. The average molecular weight is 364 g/mol. The highest BCUT2D eigenvalue weighted by atomic mass is 16.5. The first-order valence-corrected chi connectivity index (χ1v) is 9.09. The minimum Gasteiger partial charge on any atom is -0.497 e. The quantitative estimate of drug-likeness (QED) is 0.420. The van der Waals surface area contributed by atoms with Crippen LogP contribution < -0.4 is 9.47 Å². The van der Waals surface area contributed by atoms with Crippen LogP contribution in [0.4, 0.5) is 0 Å². The summed E-state index contributed by atoms with van der Waals surface area (Å²) in [6.45, 7) is 0. The fraction of sp³-hybridized carbons (Fsp3) is 0.0769. The molecule has 2 heteroatoms. The summed E-state index contributed by atoms with van der Waals surface area (Å²) in [4.78, 5) is 0. The summed E-state index contributed by atoms with van der Waals surface area (Å²) in [5.74, 6) is 8.23. The molecule has 0 saturated heterocycles. The molecule has 0 N–H and O–H groups in total. The van der Waals surface area contributed by atoms with E-state index in [0.717, 1.165) is 44.5 Å². The van der Waals surface area contributed by atoms with Gasteiger partial charge in [0.15, 0.2) is 0 Å². The lowest BCUT2D eigenvalue weighted by atomic mass is 10.0. The van der Waals surface area contributed by atoms with Crippen molar-refractivity contribution in [1.29, 1.82) is 0 Å².